The monoisotopic (exact) mass is 195 g/mol. The van der Waals surface area contributed by atoms with E-state index in [4.69, 9.17) is 21.6 Å². The normalized spacial score (nSPS) is 9.00. The summed E-state index contributed by atoms with van der Waals surface area (Å²) in [5, 5.41) is 7.97. The van der Waals surface area contributed by atoms with Crippen LogP contribution in [0.5, 0.6) is 5.75 Å². The maximum absolute atomic E-state index is 10.8. The molecule has 1 rings (SSSR count). The maximum atomic E-state index is 10.8. The van der Waals surface area contributed by atoms with Crippen LogP contribution in [0, 0.1) is 11.3 Å². The first-order valence-corrected chi connectivity index (χ1v) is 3.85. The largest absolute Gasteiger partial charge is 0.496 e. The molecule has 0 unspecified atom stereocenters. The Morgan fingerprint density at radius 3 is 2.77 bits per heavy atom. The molecular formula is C9H6ClNO2. The second kappa shape index (κ2) is 3.92. The van der Waals surface area contributed by atoms with Crippen LogP contribution in [-0.2, 0) is 0 Å². The fourth-order valence-electron chi connectivity index (χ4n) is 0.923. The minimum Gasteiger partial charge on any atom is -0.496 e. The third-order valence-electron chi connectivity index (χ3n) is 1.54. The molecule has 0 amide bonds. The van der Waals surface area contributed by atoms with Crippen LogP contribution in [0.1, 0.15) is 15.9 Å². The third kappa shape index (κ3) is 1.98. The molecule has 0 saturated carbocycles. The lowest BCUT2D eigenvalue weighted by Crippen LogP contribution is -1.95. The van der Waals surface area contributed by atoms with Gasteiger partial charge in [0.2, 0.25) is 0 Å². The van der Waals surface area contributed by atoms with Crippen molar-refractivity contribution in [3.05, 3.63) is 29.3 Å². The van der Waals surface area contributed by atoms with Crippen LogP contribution in [0.2, 0.25) is 0 Å². The van der Waals surface area contributed by atoms with E-state index in [0.717, 1.165) is 0 Å². The lowest BCUT2D eigenvalue weighted by molar-refractivity contribution is 0.107. The highest BCUT2D eigenvalue weighted by molar-refractivity contribution is 6.68. The van der Waals surface area contributed by atoms with Gasteiger partial charge in [-0.25, -0.2) is 0 Å². The van der Waals surface area contributed by atoms with E-state index in [2.05, 4.69) is 0 Å². The van der Waals surface area contributed by atoms with Crippen LogP contribution in [0.15, 0.2) is 18.2 Å². The third-order valence-corrected chi connectivity index (χ3v) is 1.75. The molecule has 66 valence electrons. The van der Waals surface area contributed by atoms with Crippen LogP contribution in [0.25, 0.3) is 0 Å². The Kier molecular flexibility index (Phi) is 2.88. The fraction of sp³-hybridized carbons (Fsp3) is 0.111. The van der Waals surface area contributed by atoms with E-state index in [0.29, 0.717) is 11.3 Å². The summed E-state index contributed by atoms with van der Waals surface area (Å²) in [6.07, 6.45) is 0. The number of carbonyl (C=O) groups is 1. The molecule has 13 heavy (non-hydrogen) atoms. The average Bonchev–Trinajstić information content (AvgIpc) is 2.16. The van der Waals surface area contributed by atoms with Crippen LogP contribution in [0.4, 0.5) is 0 Å². The molecule has 0 aliphatic heterocycles. The summed E-state index contributed by atoms with van der Waals surface area (Å²) in [5.74, 6) is 0.319. The van der Waals surface area contributed by atoms with Crippen molar-refractivity contribution in [2.75, 3.05) is 7.11 Å². The van der Waals surface area contributed by atoms with E-state index in [1.54, 1.807) is 0 Å². The standard InChI is InChI=1S/C9H6ClNO2/c1-13-8-4-6(5-11)2-3-7(8)9(10)12/h2-4H,1H3. The van der Waals surface area contributed by atoms with Crippen molar-refractivity contribution in [3.8, 4) is 11.8 Å². The highest BCUT2D eigenvalue weighted by atomic mass is 35.5. The number of carbonyl (C=O) groups excluding carboxylic acids is 1. The van der Waals surface area contributed by atoms with Gasteiger partial charge in [0, 0.05) is 0 Å². The van der Waals surface area contributed by atoms with Crippen molar-refractivity contribution < 1.29 is 9.53 Å². The summed E-state index contributed by atoms with van der Waals surface area (Å²) in [4.78, 5) is 10.8. The molecule has 0 spiro atoms. The molecule has 0 aromatic heterocycles. The molecule has 0 saturated heterocycles. The Labute approximate surface area is 80.5 Å². The predicted octanol–water partition coefficient (Wildman–Crippen LogP) is 1.95. The maximum Gasteiger partial charge on any atom is 0.256 e. The number of benzene rings is 1. The van der Waals surface area contributed by atoms with E-state index in [1.165, 1.54) is 25.3 Å². The molecule has 0 N–H and O–H groups in total. The highest BCUT2D eigenvalue weighted by Gasteiger charge is 2.09. The number of ether oxygens (including phenoxy) is 1. The zero-order chi connectivity index (χ0) is 9.84. The van der Waals surface area contributed by atoms with Crippen LogP contribution in [0.3, 0.4) is 0 Å². The van der Waals surface area contributed by atoms with Gasteiger partial charge in [0.1, 0.15) is 5.75 Å². The Balaban J connectivity index is 3.25. The van der Waals surface area contributed by atoms with Gasteiger partial charge < -0.3 is 4.74 Å². The van der Waals surface area contributed by atoms with Crippen LogP contribution in [-0.4, -0.2) is 12.4 Å². The average molecular weight is 196 g/mol. The second-order valence-corrected chi connectivity index (χ2v) is 2.64. The van der Waals surface area contributed by atoms with Crippen LogP contribution < -0.4 is 4.74 Å². The number of hydrogen-bond acceptors (Lipinski definition) is 3. The van der Waals surface area contributed by atoms with Crippen molar-refractivity contribution >= 4 is 16.8 Å². The topological polar surface area (TPSA) is 50.1 Å². The van der Waals surface area contributed by atoms with Gasteiger partial charge >= 0.3 is 0 Å². The number of nitriles is 1. The molecule has 0 atom stereocenters. The predicted molar refractivity (Wildman–Crippen MR) is 47.9 cm³/mol. The van der Waals surface area contributed by atoms with E-state index < -0.39 is 5.24 Å². The Morgan fingerprint density at radius 1 is 1.62 bits per heavy atom. The van der Waals surface area contributed by atoms with Crippen molar-refractivity contribution in [2.24, 2.45) is 0 Å². The molecule has 0 bridgehead atoms. The van der Waals surface area contributed by atoms with Crippen molar-refractivity contribution in [1.29, 1.82) is 5.26 Å². The summed E-state index contributed by atoms with van der Waals surface area (Å²) < 4.78 is 4.89. The van der Waals surface area contributed by atoms with Crippen molar-refractivity contribution in [3.63, 3.8) is 0 Å². The van der Waals surface area contributed by atoms with Gasteiger partial charge in [0.05, 0.1) is 24.3 Å². The molecule has 3 nitrogen and oxygen atoms in total. The minimum atomic E-state index is -0.596. The lowest BCUT2D eigenvalue weighted by Gasteiger charge is -2.03. The zero-order valence-corrected chi connectivity index (χ0v) is 7.63. The molecule has 0 fully saturated rings. The minimum absolute atomic E-state index is 0.267. The smallest absolute Gasteiger partial charge is 0.256 e. The number of rotatable bonds is 2. The molecular weight excluding hydrogens is 190 g/mol. The Morgan fingerprint density at radius 2 is 2.31 bits per heavy atom. The molecule has 0 aliphatic carbocycles. The van der Waals surface area contributed by atoms with Gasteiger partial charge in [0.15, 0.2) is 0 Å². The molecule has 4 heteroatoms. The van der Waals surface area contributed by atoms with Gasteiger partial charge in [-0.15, -0.1) is 0 Å². The van der Waals surface area contributed by atoms with Gasteiger partial charge in [-0.3, -0.25) is 4.79 Å². The van der Waals surface area contributed by atoms with Gasteiger partial charge in [-0.2, -0.15) is 5.26 Å². The van der Waals surface area contributed by atoms with E-state index in [-0.39, 0.29) is 5.56 Å². The SMILES string of the molecule is COc1cc(C#N)ccc1C(=O)Cl. The second-order valence-electron chi connectivity index (χ2n) is 2.30. The zero-order valence-electron chi connectivity index (χ0n) is 6.87. The van der Waals surface area contributed by atoms with E-state index in [1.807, 2.05) is 6.07 Å². The number of methoxy groups -OCH3 is 1. The molecule has 0 heterocycles. The van der Waals surface area contributed by atoms with Crippen molar-refractivity contribution in [2.45, 2.75) is 0 Å². The number of hydrogen-bond donors (Lipinski definition) is 0. The molecule has 1 aromatic carbocycles. The molecule has 0 aliphatic rings. The first-order valence-electron chi connectivity index (χ1n) is 3.47. The Hall–Kier alpha value is -1.53. The quantitative estimate of drug-likeness (QED) is 0.678. The number of halogens is 1. The summed E-state index contributed by atoms with van der Waals surface area (Å²) in [6.45, 7) is 0. The summed E-state index contributed by atoms with van der Waals surface area (Å²) in [5.41, 5.74) is 0.696. The number of nitrogens with zero attached hydrogens (tertiary/aromatic N) is 1. The first kappa shape index (κ1) is 9.56. The summed E-state index contributed by atoms with van der Waals surface area (Å²) in [6, 6.07) is 6.38. The lowest BCUT2D eigenvalue weighted by atomic mass is 10.1. The van der Waals surface area contributed by atoms with Gasteiger partial charge in [-0.05, 0) is 29.8 Å². The fourth-order valence-corrected chi connectivity index (χ4v) is 1.08. The summed E-state index contributed by atoms with van der Waals surface area (Å²) in [7, 11) is 1.42. The molecule has 0 radical (unpaired) electrons. The van der Waals surface area contributed by atoms with Gasteiger partial charge in [0.25, 0.3) is 5.24 Å². The Bertz CT molecular complexity index is 382. The van der Waals surface area contributed by atoms with Gasteiger partial charge in [-0.1, -0.05) is 0 Å². The van der Waals surface area contributed by atoms with E-state index in [9.17, 15) is 4.79 Å². The summed E-state index contributed by atoms with van der Waals surface area (Å²) >= 11 is 5.28. The van der Waals surface area contributed by atoms with E-state index >= 15 is 0 Å². The molecule has 1 aromatic rings. The van der Waals surface area contributed by atoms with Crippen LogP contribution >= 0.6 is 11.6 Å². The highest BCUT2D eigenvalue weighted by Crippen LogP contribution is 2.21. The van der Waals surface area contributed by atoms with Crippen molar-refractivity contribution in [1.82, 2.24) is 0 Å². The first-order chi connectivity index (χ1) is 6.19.